The molecule has 0 bridgehead atoms. The minimum absolute atomic E-state index is 0.418. The van der Waals surface area contributed by atoms with E-state index in [0.29, 0.717) is 0 Å². The van der Waals surface area contributed by atoms with Gasteiger partial charge in [0.1, 0.15) is 0 Å². The Morgan fingerprint density at radius 2 is 2.00 bits per heavy atom. The summed E-state index contributed by atoms with van der Waals surface area (Å²) in [5.41, 5.74) is 2.06. The van der Waals surface area contributed by atoms with Crippen LogP contribution in [0, 0.1) is 0 Å². The van der Waals surface area contributed by atoms with Crippen molar-refractivity contribution in [3.05, 3.63) is 34.3 Å². The minimum atomic E-state index is -3.17. The monoisotopic (exact) mass is 331 g/mol. The molecule has 1 aromatic carbocycles. The van der Waals surface area contributed by atoms with Gasteiger partial charge < -0.3 is 13.9 Å². The smallest absolute Gasteiger partial charge is 0.356 e. The topological polar surface area (TPSA) is 38.8 Å². The van der Waals surface area contributed by atoms with Crippen LogP contribution in [-0.2, 0) is 13.6 Å². The second-order valence-electron chi connectivity index (χ2n) is 3.97. The highest BCUT2D eigenvalue weighted by Crippen LogP contribution is 2.55. The summed E-state index contributed by atoms with van der Waals surface area (Å²) in [4.78, 5) is 1.91. The highest BCUT2D eigenvalue weighted by Gasteiger charge is 2.38. The van der Waals surface area contributed by atoms with Gasteiger partial charge in [0.25, 0.3) is 0 Å². The van der Waals surface area contributed by atoms with Crippen molar-refractivity contribution in [2.45, 2.75) is 5.78 Å². The molecule has 0 saturated heterocycles. The van der Waals surface area contributed by atoms with E-state index in [9.17, 15) is 4.57 Å². The molecule has 1 unspecified atom stereocenters. The number of benzene rings is 1. The van der Waals surface area contributed by atoms with Gasteiger partial charge in [-0.15, -0.1) is 0 Å². The lowest BCUT2D eigenvalue weighted by molar-refractivity contribution is 0.270. The number of anilines is 1. The molecular formula is C12H15BrNO3P. The SMILES string of the molecule is COP(=O)(OC)C1C=Cc2cccc(Br)c2N1C. The number of hydrogen-bond acceptors (Lipinski definition) is 4. The molecule has 1 aliphatic heterocycles. The normalized spacial score (nSPS) is 18.9. The van der Waals surface area contributed by atoms with Crippen LogP contribution in [0.15, 0.2) is 28.7 Å². The summed E-state index contributed by atoms with van der Waals surface area (Å²) in [7, 11) is 1.52. The van der Waals surface area contributed by atoms with Gasteiger partial charge >= 0.3 is 7.60 Å². The third kappa shape index (κ3) is 2.16. The maximum absolute atomic E-state index is 12.5. The fourth-order valence-electron chi connectivity index (χ4n) is 2.10. The first-order valence-electron chi connectivity index (χ1n) is 5.44. The first kappa shape index (κ1) is 13.8. The van der Waals surface area contributed by atoms with E-state index in [1.807, 2.05) is 42.3 Å². The molecule has 0 amide bonds. The number of para-hydroxylation sites is 1. The molecule has 0 spiro atoms. The first-order valence-corrected chi connectivity index (χ1v) is 7.84. The van der Waals surface area contributed by atoms with Gasteiger partial charge in [-0.25, -0.2) is 0 Å². The Labute approximate surface area is 115 Å². The molecule has 4 nitrogen and oxygen atoms in total. The van der Waals surface area contributed by atoms with E-state index in [0.717, 1.165) is 15.7 Å². The second-order valence-corrected chi connectivity index (χ2v) is 7.16. The van der Waals surface area contributed by atoms with E-state index < -0.39 is 13.4 Å². The molecule has 18 heavy (non-hydrogen) atoms. The quantitative estimate of drug-likeness (QED) is 0.791. The maximum Gasteiger partial charge on any atom is 0.356 e. The number of rotatable bonds is 3. The Morgan fingerprint density at radius 1 is 1.33 bits per heavy atom. The van der Waals surface area contributed by atoms with Gasteiger partial charge in [0.2, 0.25) is 0 Å². The van der Waals surface area contributed by atoms with Crippen LogP contribution in [0.3, 0.4) is 0 Å². The Bertz CT molecular complexity index is 524. The van der Waals surface area contributed by atoms with E-state index in [-0.39, 0.29) is 0 Å². The van der Waals surface area contributed by atoms with Crippen LogP contribution in [0.4, 0.5) is 5.69 Å². The van der Waals surface area contributed by atoms with Gasteiger partial charge in [-0.1, -0.05) is 18.2 Å². The molecular weight excluding hydrogens is 317 g/mol. The molecule has 0 N–H and O–H groups in total. The van der Waals surface area contributed by atoms with Crippen molar-refractivity contribution in [2.24, 2.45) is 0 Å². The fourth-order valence-corrected chi connectivity index (χ4v) is 4.18. The van der Waals surface area contributed by atoms with E-state index in [4.69, 9.17) is 9.05 Å². The molecule has 1 atom stereocenters. The molecule has 98 valence electrons. The van der Waals surface area contributed by atoms with Crippen LogP contribution < -0.4 is 4.90 Å². The van der Waals surface area contributed by atoms with Crippen molar-refractivity contribution in [1.82, 2.24) is 0 Å². The van der Waals surface area contributed by atoms with Crippen LogP contribution in [0.1, 0.15) is 5.56 Å². The van der Waals surface area contributed by atoms with Gasteiger partial charge in [-0.2, -0.15) is 0 Å². The second kappa shape index (κ2) is 5.17. The highest BCUT2D eigenvalue weighted by molar-refractivity contribution is 9.10. The van der Waals surface area contributed by atoms with Gasteiger partial charge in [0.05, 0.1) is 5.69 Å². The van der Waals surface area contributed by atoms with Gasteiger partial charge in [-0.3, -0.25) is 4.57 Å². The van der Waals surface area contributed by atoms with Gasteiger partial charge in [-0.05, 0) is 33.6 Å². The lowest BCUT2D eigenvalue weighted by Gasteiger charge is -2.35. The summed E-state index contributed by atoms with van der Waals surface area (Å²) in [6, 6.07) is 5.93. The van der Waals surface area contributed by atoms with Crippen molar-refractivity contribution in [1.29, 1.82) is 0 Å². The molecule has 0 aliphatic carbocycles. The number of hydrogen-bond donors (Lipinski definition) is 0. The average Bonchev–Trinajstić information content (AvgIpc) is 2.38. The number of halogens is 1. The Kier molecular flexibility index (Phi) is 3.97. The van der Waals surface area contributed by atoms with Crippen LogP contribution in [0.2, 0.25) is 0 Å². The van der Waals surface area contributed by atoms with E-state index >= 15 is 0 Å². The van der Waals surface area contributed by atoms with Crippen LogP contribution in [0.25, 0.3) is 6.08 Å². The molecule has 1 aliphatic rings. The van der Waals surface area contributed by atoms with Gasteiger partial charge in [0, 0.05) is 25.7 Å². The molecule has 1 heterocycles. The lowest BCUT2D eigenvalue weighted by atomic mass is 10.1. The summed E-state index contributed by atoms with van der Waals surface area (Å²) in [5, 5.41) is 0. The zero-order valence-corrected chi connectivity index (χ0v) is 12.9. The summed E-state index contributed by atoms with van der Waals surface area (Å²) in [6.07, 6.45) is 3.79. The first-order chi connectivity index (χ1) is 8.53. The average molecular weight is 332 g/mol. The summed E-state index contributed by atoms with van der Waals surface area (Å²) in [6.45, 7) is 0. The third-order valence-electron chi connectivity index (χ3n) is 3.05. The molecule has 2 rings (SSSR count). The number of nitrogens with zero attached hydrogens (tertiary/aromatic N) is 1. The van der Waals surface area contributed by atoms with Crippen molar-refractivity contribution in [3.8, 4) is 0 Å². The zero-order chi connectivity index (χ0) is 13.3. The summed E-state index contributed by atoms with van der Waals surface area (Å²) in [5.74, 6) is -0.418. The highest BCUT2D eigenvalue weighted by atomic mass is 79.9. The predicted molar refractivity (Wildman–Crippen MR) is 77.0 cm³/mol. The minimum Gasteiger partial charge on any atom is -0.356 e. The van der Waals surface area contributed by atoms with Crippen molar-refractivity contribution in [2.75, 3.05) is 26.2 Å². The maximum atomic E-state index is 12.5. The van der Waals surface area contributed by atoms with Crippen molar-refractivity contribution in [3.63, 3.8) is 0 Å². The summed E-state index contributed by atoms with van der Waals surface area (Å²) < 4.78 is 23.6. The molecule has 0 radical (unpaired) electrons. The fraction of sp³-hybridized carbons (Fsp3) is 0.333. The van der Waals surface area contributed by atoms with Gasteiger partial charge in [0.15, 0.2) is 5.78 Å². The molecule has 6 heteroatoms. The Morgan fingerprint density at radius 3 is 2.61 bits per heavy atom. The van der Waals surface area contributed by atoms with E-state index in [1.165, 1.54) is 14.2 Å². The molecule has 1 aromatic rings. The standard InChI is InChI=1S/C12H15BrNO3P/c1-14-11(18(15,16-2)17-3)8-7-9-5-4-6-10(13)12(9)14/h4-8,11H,1-3H3. The van der Waals surface area contributed by atoms with Crippen LogP contribution >= 0.6 is 23.5 Å². The Hall–Kier alpha value is -0.610. The lowest BCUT2D eigenvalue weighted by Crippen LogP contribution is -2.33. The number of fused-ring (bicyclic) bond motifs is 1. The number of likely N-dealkylation sites (N-methyl/N-ethyl adjacent to an activating group) is 1. The summed E-state index contributed by atoms with van der Waals surface area (Å²) >= 11 is 3.51. The molecule has 0 aromatic heterocycles. The zero-order valence-electron chi connectivity index (χ0n) is 10.5. The van der Waals surface area contributed by atoms with Crippen molar-refractivity contribution >= 4 is 35.3 Å². The predicted octanol–water partition coefficient (Wildman–Crippen LogP) is 3.72. The van der Waals surface area contributed by atoms with E-state index in [2.05, 4.69) is 15.9 Å². The molecule has 0 saturated carbocycles. The third-order valence-corrected chi connectivity index (χ3v) is 5.87. The van der Waals surface area contributed by atoms with Crippen LogP contribution in [0.5, 0.6) is 0 Å². The van der Waals surface area contributed by atoms with Crippen LogP contribution in [-0.4, -0.2) is 27.1 Å². The Balaban J connectivity index is 2.48. The molecule has 0 fully saturated rings. The largest absolute Gasteiger partial charge is 0.356 e. The van der Waals surface area contributed by atoms with Crippen molar-refractivity contribution < 1.29 is 13.6 Å². The van der Waals surface area contributed by atoms with E-state index in [1.54, 1.807) is 0 Å².